The first kappa shape index (κ1) is 58.6. The van der Waals surface area contributed by atoms with E-state index in [9.17, 15) is 25.3 Å². The van der Waals surface area contributed by atoms with E-state index in [1.807, 2.05) is 31.2 Å². The highest BCUT2D eigenvalue weighted by molar-refractivity contribution is 7.89. The van der Waals surface area contributed by atoms with Crippen LogP contribution in [0.1, 0.15) is 56.9 Å². The summed E-state index contributed by atoms with van der Waals surface area (Å²) in [6.45, 7) is 21.1. The fraction of sp³-hybridized carbons (Fsp3) is 0.547. The Morgan fingerprint density at radius 2 is 1.00 bits per heavy atom. The Hall–Kier alpha value is -5.55. The lowest BCUT2D eigenvalue weighted by Crippen LogP contribution is -2.53. The number of piperazine rings is 2. The second-order valence-corrected chi connectivity index (χ2v) is 25.7. The number of anilines is 2. The topological polar surface area (TPSA) is 248 Å². The molecule has 22 nitrogen and oxygen atoms in total. The molecule has 2 saturated carbocycles. The van der Waals surface area contributed by atoms with Crippen LogP contribution < -0.4 is 10.6 Å². The van der Waals surface area contributed by atoms with Gasteiger partial charge in [-0.25, -0.2) is 46.5 Å². The average Bonchev–Trinajstić information content (AvgIpc) is 3.47. The van der Waals surface area contributed by atoms with Gasteiger partial charge in [0.2, 0.25) is 20.0 Å². The largest absolute Gasteiger partial charge is 0.394 e. The molecule has 0 bridgehead atoms. The van der Waals surface area contributed by atoms with E-state index in [1.165, 1.54) is 16.4 Å². The summed E-state index contributed by atoms with van der Waals surface area (Å²) in [5, 5.41) is 17.6. The van der Waals surface area contributed by atoms with Gasteiger partial charge in [-0.2, -0.15) is 17.0 Å². The van der Waals surface area contributed by atoms with Gasteiger partial charge < -0.3 is 25.2 Å². The maximum absolute atomic E-state index is 12.9. The fourth-order valence-electron chi connectivity index (χ4n) is 10.5. The molecule has 0 spiro atoms. The van der Waals surface area contributed by atoms with Crippen molar-refractivity contribution in [3.05, 3.63) is 102 Å². The summed E-state index contributed by atoms with van der Waals surface area (Å²) in [5.74, 6) is 1.33. The molecule has 0 radical (unpaired) electrons. The number of hydrogen-bond acceptors (Lipinski definition) is 18. The molecule has 4 aliphatic rings. The molecule has 3 N–H and O–H groups in total. The van der Waals surface area contributed by atoms with Crippen molar-refractivity contribution in [2.24, 2.45) is 0 Å². The van der Waals surface area contributed by atoms with Crippen LogP contribution in [0.5, 0.6) is 0 Å². The molecule has 25 heteroatoms. The van der Waals surface area contributed by atoms with Gasteiger partial charge in [-0.1, -0.05) is 29.8 Å². The van der Waals surface area contributed by atoms with Gasteiger partial charge in [0, 0.05) is 87.3 Å². The molecule has 0 unspecified atom stereocenters. The van der Waals surface area contributed by atoms with E-state index in [0.29, 0.717) is 68.8 Å². The van der Waals surface area contributed by atoms with Crippen molar-refractivity contribution in [2.75, 3.05) is 114 Å². The van der Waals surface area contributed by atoms with Crippen molar-refractivity contribution in [1.82, 2.24) is 38.3 Å². The maximum atomic E-state index is 12.9. The zero-order valence-electron chi connectivity index (χ0n) is 44.0. The summed E-state index contributed by atoms with van der Waals surface area (Å²) in [4.78, 5) is 29.4. The number of aliphatic hydroxyl groups is 1. The summed E-state index contributed by atoms with van der Waals surface area (Å²) in [6.07, 6.45) is 11.2. The van der Waals surface area contributed by atoms with Crippen LogP contribution in [0.4, 0.5) is 23.0 Å². The van der Waals surface area contributed by atoms with Gasteiger partial charge in [0.25, 0.3) is 10.1 Å². The first-order chi connectivity index (χ1) is 37.6. The van der Waals surface area contributed by atoms with Gasteiger partial charge >= 0.3 is 0 Å². The highest BCUT2D eigenvalue weighted by Gasteiger charge is 2.34. The number of aromatic nitrogens is 4. The van der Waals surface area contributed by atoms with Crippen LogP contribution in [0.3, 0.4) is 0 Å². The zero-order valence-corrected chi connectivity index (χ0v) is 46.5. The number of sulfonamides is 2. The molecular formula is C53H70N12O10S3. The van der Waals surface area contributed by atoms with E-state index in [0.717, 1.165) is 103 Å². The summed E-state index contributed by atoms with van der Waals surface area (Å²) in [7, 11) is -10.7. The molecule has 4 fully saturated rings. The molecule has 4 heterocycles. The number of aryl methyl sites for hydroxylation is 1. The Kier molecular flexibility index (Phi) is 20.7. The second kappa shape index (κ2) is 27.6. The van der Waals surface area contributed by atoms with Crippen molar-refractivity contribution in [3.63, 3.8) is 0 Å². The number of nitrogens with zero attached hydrogens (tertiary/aromatic N) is 10. The Balaban J connectivity index is 0.000000213. The van der Waals surface area contributed by atoms with Crippen LogP contribution in [0, 0.1) is 20.1 Å². The molecule has 2 aliphatic heterocycles. The molecule has 2 aliphatic carbocycles. The third kappa shape index (κ3) is 15.8. The lowest BCUT2D eigenvalue weighted by Gasteiger charge is -2.41. The molecule has 78 heavy (non-hydrogen) atoms. The van der Waals surface area contributed by atoms with Gasteiger partial charge in [-0.3, -0.25) is 14.0 Å². The Morgan fingerprint density at radius 3 is 1.42 bits per heavy atom. The van der Waals surface area contributed by atoms with E-state index in [1.54, 1.807) is 41.2 Å². The third-order valence-electron chi connectivity index (χ3n) is 14.9. The molecule has 2 saturated heterocycles. The number of nitrogens with one attached hydrogen (secondary N) is 2. The van der Waals surface area contributed by atoms with Crippen molar-refractivity contribution in [1.29, 1.82) is 0 Å². The average molecular weight is 1130 g/mol. The number of ether oxygens (including phenoxy) is 2. The summed E-state index contributed by atoms with van der Waals surface area (Å²) in [5.41, 5.74) is 3.71. The monoisotopic (exact) mass is 1130 g/mol. The molecule has 3 aromatic carbocycles. The van der Waals surface area contributed by atoms with E-state index in [4.69, 9.17) is 31.9 Å². The minimum atomic E-state index is -3.88. The van der Waals surface area contributed by atoms with E-state index < -0.39 is 30.2 Å². The van der Waals surface area contributed by atoms with Crippen LogP contribution >= 0.6 is 0 Å². The number of benzene rings is 3. The lowest BCUT2D eigenvalue weighted by molar-refractivity contribution is 0.0986. The number of rotatable bonds is 21. The Bertz CT molecular complexity index is 3210. The summed E-state index contributed by atoms with van der Waals surface area (Å²) in [6, 6.07) is 18.7. The number of fused-ring (bicyclic) bond motifs is 2. The van der Waals surface area contributed by atoms with Crippen LogP contribution in [-0.2, 0) is 43.8 Å². The van der Waals surface area contributed by atoms with Crippen molar-refractivity contribution >= 4 is 75.0 Å². The van der Waals surface area contributed by atoms with Gasteiger partial charge in [0.15, 0.2) is 11.4 Å². The highest BCUT2D eigenvalue weighted by Crippen LogP contribution is 2.32. The quantitative estimate of drug-likeness (QED) is 0.0470. The predicted molar refractivity (Wildman–Crippen MR) is 298 cm³/mol. The number of aliphatic hydroxyl groups excluding tert-OH is 1. The van der Waals surface area contributed by atoms with Crippen LogP contribution in [-0.4, -0.2) is 196 Å². The van der Waals surface area contributed by atoms with Crippen LogP contribution in [0.15, 0.2) is 78.2 Å². The van der Waals surface area contributed by atoms with Crippen molar-refractivity contribution in [3.8, 4) is 0 Å². The van der Waals surface area contributed by atoms with Crippen molar-refractivity contribution < 1.29 is 44.0 Å². The third-order valence-corrected chi connectivity index (χ3v) is 19.9. The second-order valence-electron chi connectivity index (χ2n) is 19.9. The maximum Gasteiger partial charge on any atom is 0.297 e. The van der Waals surface area contributed by atoms with E-state index >= 15 is 0 Å². The molecule has 0 atom stereocenters. The highest BCUT2D eigenvalue weighted by atomic mass is 32.2. The minimum absolute atomic E-state index is 0.0264. The standard InChI is InChI=1S/C30H38N6O6S2.C23H32N6O4S/c1-23-3-10-27(11-4-23)44(39,40)42-18-17-41-19-20-43(37,38)36-15-13-35(14-16-36)26-8-5-24(6-9-26)34-30-28-21-25(31-2)7-12-29(28)32-22-33-30;1-24-19-4-7-22-21(16-19)23(26-17-25-22)27-18-2-5-20(6-3-18)28-8-10-29(11-9-28)34(31,32)15-14-33-13-12-30/h3-4,7,10-12,21-22,24,26H,5-6,8-9,13-20H2,1H3,(H,32,33,34);4,7,16-18,20,30H,2-3,5-6,8-15H2,(H,25,26,27). The van der Waals surface area contributed by atoms with E-state index in [2.05, 4.69) is 50.1 Å². The fourth-order valence-corrected chi connectivity index (χ4v) is 14.0. The van der Waals surface area contributed by atoms with Gasteiger partial charge in [0.1, 0.15) is 24.3 Å². The van der Waals surface area contributed by atoms with Crippen LogP contribution in [0.25, 0.3) is 31.5 Å². The van der Waals surface area contributed by atoms with Crippen molar-refractivity contribution in [2.45, 2.75) is 87.4 Å². The molecule has 420 valence electrons. The molecule has 9 rings (SSSR count). The summed E-state index contributed by atoms with van der Waals surface area (Å²) < 4.78 is 93.9. The van der Waals surface area contributed by atoms with E-state index in [-0.39, 0.29) is 62.1 Å². The SMILES string of the molecule is [C-]#[N+]c1ccc2ncnc(NC3CCC(N4CCN(S(=O)(=O)CCOCCO)CC4)CC3)c2c1.[C-]#[N+]c1ccc2ncnc(NC3CCC(N4CCN(S(=O)(=O)CCOCCOS(=O)(=O)c5ccc(C)cc5)CC4)CC3)c2c1. The molecule has 2 aromatic heterocycles. The molecule has 0 amide bonds. The van der Waals surface area contributed by atoms with Gasteiger partial charge in [-0.05, 0) is 94.7 Å². The molecule has 5 aromatic rings. The first-order valence-electron chi connectivity index (χ1n) is 26.6. The summed E-state index contributed by atoms with van der Waals surface area (Å²) >= 11 is 0. The molecular weight excluding hydrogens is 1060 g/mol. The zero-order chi connectivity index (χ0) is 55.1. The van der Waals surface area contributed by atoms with Crippen LogP contribution in [0.2, 0.25) is 0 Å². The first-order valence-corrected chi connectivity index (χ1v) is 31.2. The Morgan fingerprint density at radius 1 is 0.564 bits per heavy atom. The lowest BCUT2D eigenvalue weighted by atomic mass is 9.89. The predicted octanol–water partition coefficient (Wildman–Crippen LogP) is 5.44. The minimum Gasteiger partial charge on any atom is -0.394 e. The number of hydrogen-bond donors (Lipinski definition) is 3. The smallest absolute Gasteiger partial charge is 0.297 e. The Labute approximate surface area is 458 Å². The van der Waals surface area contributed by atoms with Gasteiger partial charge in [0.05, 0.1) is 80.2 Å². The normalized spacial score (nSPS) is 21.3. The van der Waals surface area contributed by atoms with Gasteiger partial charge in [-0.15, -0.1) is 0 Å².